The van der Waals surface area contributed by atoms with Crippen LogP contribution in [0.4, 0.5) is 0 Å². The minimum absolute atomic E-state index is 0.102. The minimum Gasteiger partial charge on any atom is -0.370 e. The van der Waals surface area contributed by atoms with Gasteiger partial charge in [-0.1, -0.05) is 35.5 Å². The number of benzene rings is 1. The Morgan fingerprint density at radius 2 is 2.16 bits per heavy atom. The molecule has 0 spiro atoms. The summed E-state index contributed by atoms with van der Waals surface area (Å²) in [6.07, 6.45) is 0.885. The van der Waals surface area contributed by atoms with E-state index in [1.165, 1.54) is 0 Å². The first-order chi connectivity index (χ1) is 9.24. The van der Waals surface area contributed by atoms with Crippen molar-refractivity contribution in [3.05, 3.63) is 36.2 Å². The summed E-state index contributed by atoms with van der Waals surface area (Å²) in [5, 5.41) is 11.4. The summed E-state index contributed by atoms with van der Waals surface area (Å²) in [7, 11) is 0. The Bertz CT molecular complexity index is 580. The fourth-order valence-corrected chi connectivity index (χ4v) is 2.29. The number of guanidine groups is 1. The van der Waals surface area contributed by atoms with Crippen LogP contribution in [0.15, 0.2) is 34.9 Å². The quantitative estimate of drug-likeness (QED) is 0.627. The van der Waals surface area contributed by atoms with Gasteiger partial charge < -0.3 is 15.2 Å². The summed E-state index contributed by atoms with van der Waals surface area (Å²) < 4.78 is 5.33. The minimum atomic E-state index is 0.102. The van der Waals surface area contributed by atoms with E-state index in [0.717, 1.165) is 18.5 Å². The van der Waals surface area contributed by atoms with Gasteiger partial charge in [0.15, 0.2) is 5.96 Å². The molecule has 6 heteroatoms. The van der Waals surface area contributed by atoms with Crippen molar-refractivity contribution in [2.24, 2.45) is 5.73 Å². The van der Waals surface area contributed by atoms with E-state index in [2.05, 4.69) is 10.1 Å². The van der Waals surface area contributed by atoms with E-state index < -0.39 is 0 Å². The van der Waals surface area contributed by atoms with E-state index in [4.69, 9.17) is 15.7 Å². The van der Waals surface area contributed by atoms with E-state index in [1.54, 1.807) is 0 Å². The first-order valence-corrected chi connectivity index (χ1v) is 6.22. The Kier molecular flexibility index (Phi) is 2.91. The number of hydrogen-bond acceptors (Lipinski definition) is 4. The van der Waals surface area contributed by atoms with Crippen LogP contribution in [0.3, 0.4) is 0 Å². The first-order valence-electron chi connectivity index (χ1n) is 6.22. The second-order valence-electron chi connectivity index (χ2n) is 4.64. The summed E-state index contributed by atoms with van der Waals surface area (Å²) in [6, 6.07) is 9.74. The average molecular weight is 257 g/mol. The van der Waals surface area contributed by atoms with Crippen molar-refractivity contribution in [2.45, 2.75) is 12.3 Å². The third-order valence-electron chi connectivity index (χ3n) is 3.35. The first kappa shape index (κ1) is 11.7. The van der Waals surface area contributed by atoms with Crippen molar-refractivity contribution >= 4 is 5.96 Å². The molecule has 2 heterocycles. The normalized spacial score (nSPS) is 18.7. The number of nitrogens with zero attached hydrogens (tertiary/aromatic N) is 3. The van der Waals surface area contributed by atoms with Gasteiger partial charge in [-0.15, -0.1) is 0 Å². The number of likely N-dealkylation sites (tertiary alicyclic amines) is 1. The van der Waals surface area contributed by atoms with Crippen LogP contribution in [0.5, 0.6) is 0 Å². The maximum Gasteiger partial charge on any atom is 0.231 e. The number of rotatable bonds is 2. The van der Waals surface area contributed by atoms with Gasteiger partial charge >= 0.3 is 0 Å². The summed E-state index contributed by atoms with van der Waals surface area (Å²) >= 11 is 0. The molecule has 1 aromatic carbocycles. The topological polar surface area (TPSA) is 92.0 Å². The molecule has 3 rings (SSSR count). The van der Waals surface area contributed by atoms with Gasteiger partial charge in [0.05, 0.1) is 5.92 Å². The van der Waals surface area contributed by atoms with Gasteiger partial charge in [-0.2, -0.15) is 4.98 Å². The van der Waals surface area contributed by atoms with E-state index in [1.807, 2.05) is 35.2 Å². The molecule has 0 unspecified atom stereocenters. The van der Waals surface area contributed by atoms with Gasteiger partial charge in [0.25, 0.3) is 0 Å². The van der Waals surface area contributed by atoms with Gasteiger partial charge in [0.2, 0.25) is 11.7 Å². The predicted octanol–water partition coefficient (Wildman–Crippen LogP) is 1.42. The summed E-state index contributed by atoms with van der Waals surface area (Å²) in [6.45, 7) is 1.44. The standard InChI is InChI=1S/C13H15N5O/c14-13(15)18-7-6-10(8-18)12-16-11(17-19-12)9-4-2-1-3-5-9/h1-5,10H,6-8H2,(H3,14,15)/t10-/m1/s1. The molecule has 6 nitrogen and oxygen atoms in total. The molecule has 0 radical (unpaired) electrons. The molecular weight excluding hydrogens is 242 g/mol. The number of nitrogens with one attached hydrogen (secondary N) is 1. The molecule has 1 aromatic heterocycles. The van der Waals surface area contributed by atoms with Gasteiger partial charge in [-0.25, -0.2) is 0 Å². The van der Waals surface area contributed by atoms with Gasteiger partial charge in [-0.05, 0) is 6.42 Å². The summed E-state index contributed by atoms with van der Waals surface area (Å²) in [5.41, 5.74) is 6.42. The van der Waals surface area contributed by atoms with Crippen molar-refractivity contribution in [3.8, 4) is 11.4 Å². The van der Waals surface area contributed by atoms with Crippen molar-refractivity contribution in [3.63, 3.8) is 0 Å². The third kappa shape index (κ3) is 2.29. The smallest absolute Gasteiger partial charge is 0.231 e. The van der Waals surface area contributed by atoms with Crippen LogP contribution in [-0.4, -0.2) is 34.1 Å². The fourth-order valence-electron chi connectivity index (χ4n) is 2.29. The van der Waals surface area contributed by atoms with Crippen LogP contribution in [0.1, 0.15) is 18.2 Å². The highest BCUT2D eigenvalue weighted by Crippen LogP contribution is 2.27. The second kappa shape index (κ2) is 4.72. The van der Waals surface area contributed by atoms with E-state index in [9.17, 15) is 0 Å². The molecule has 0 amide bonds. The molecule has 2 aromatic rings. The molecule has 0 bridgehead atoms. The lowest BCUT2D eigenvalue weighted by Crippen LogP contribution is -2.34. The van der Waals surface area contributed by atoms with Crippen LogP contribution in [0.2, 0.25) is 0 Å². The highest BCUT2D eigenvalue weighted by molar-refractivity contribution is 5.75. The van der Waals surface area contributed by atoms with Gasteiger partial charge in [0.1, 0.15) is 0 Å². The van der Waals surface area contributed by atoms with Gasteiger partial charge in [-0.3, -0.25) is 5.41 Å². The van der Waals surface area contributed by atoms with Crippen LogP contribution in [0.25, 0.3) is 11.4 Å². The van der Waals surface area contributed by atoms with Crippen molar-refractivity contribution in [1.29, 1.82) is 5.41 Å². The Morgan fingerprint density at radius 3 is 2.84 bits per heavy atom. The van der Waals surface area contributed by atoms with E-state index in [0.29, 0.717) is 18.3 Å². The Morgan fingerprint density at radius 1 is 1.37 bits per heavy atom. The average Bonchev–Trinajstić information content (AvgIpc) is 3.09. The Balaban J connectivity index is 1.78. The zero-order valence-electron chi connectivity index (χ0n) is 10.4. The molecule has 98 valence electrons. The Labute approximate surface area is 110 Å². The fraction of sp³-hybridized carbons (Fsp3) is 0.308. The van der Waals surface area contributed by atoms with Crippen LogP contribution >= 0.6 is 0 Å². The molecule has 1 aliphatic rings. The molecule has 0 aliphatic carbocycles. The molecule has 19 heavy (non-hydrogen) atoms. The zero-order valence-corrected chi connectivity index (χ0v) is 10.4. The van der Waals surface area contributed by atoms with E-state index >= 15 is 0 Å². The molecule has 3 N–H and O–H groups in total. The highest BCUT2D eigenvalue weighted by atomic mass is 16.5. The molecular formula is C13H15N5O. The summed E-state index contributed by atoms with van der Waals surface area (Å²) in [4.78, 5) is 6.26. The van der Waals surface area contributed by atoms with Crippen molar-refractivity contribution in [2.75, 3.05) is 13.1 Å². The lowest BCUT2D eigenvalue weighted by molar-refractivity contribution is 0.354. The van der Waals surface area contributed by atoms with E-state index in [-0.39, 0.29) is 11.9 Å². The van der Waals surface area contributed by atoms with Gasteiger partial charge in [0, 0.05) is 18.7 Å². The lowest BCUT2D eigenvalue weighted by Gasteiger charge is -2.14. The van der Waals surface area contributed by atoms with Crippen molar-refractivity contribution in [1.82, 2.24) is 15.0 Å². The highest BCUT2D eigenvalue weighted by Gasteiger charge is 2.29. The van der Waals surface area contributed by atoms with Crippen LogP contribution in [0, 0.1) is 5.41 Å². The molecule has 1 aliphatic heterocycles. The molecule has 1 atom stereocenters. The second-order valence-corrected chi connectivity index (χ2v) is 4.64. The van der Waals surface area contributed by atoms with Crippen molar-refractivity contribution < 1.29 is 4.52 Å². The molecule has 0 saturated carbocycles. The monoisotopic (exact) mass is 257 g/mol. The lowest BCUT2D eigenvalue weighted by atomic mass is 10.1. The number of nitrogens with two attached hydrogens (primary N) is 1. The number of hydrogen-bond donors (Lipinski definition) is 2. The molecule has 1 fully saturated rings. The summed E-state index contributed by atoms with van der Waals surface area (Å²) in [5.74, 6) is 1.50. The maximum atomic E-state index is 7.42. The molecule has 1 saturated heterocycles. The zero-order chi connectivity index (χ0) is 13.2. The predicted molar refractivity (Wildman–Crippen MR) is 70.6 cm³/mol. The maximum absolute atomic E-state index is 7.42. The Hall–Kier alpha value is -2.37. The SMILES string of the molecule is N=C(N)N1CC[C@@H](c2nc(-c3ccccc3)no2)C1. The number of aromatic nitrogens is 2. The van der Waals surface area contributed by atoms with Crippen LogP contribution in [-0.2, 0) is 0 Å². The third-order valence-corrected chi connectivity index (χ3v) is 3.35. The largest absolute Gasteiger partial charge is 0.370 e. The van der Waals surface area contributed by atoms with Crippen LogP contribution < -0.4 is 5.73 Å².